The second kappa shape index (κ2) is 16.1. The van der Waals surface area contributed by atoms with Crippen LogP contribution in [0.15, 0.2) is 42.5 Å². The minimum atomic E-state index is -1.13. The Morgan fingerprint density at radius 2 is 1.92 bits per heavy atom. The number of anilines is 1. The van der Waals surface area contributed by atoms with E-state index in [1.807, 2.05) is 11.0 Å². The Labute approximate surface area is 230 Å². The molecular weight excluding hydrogens is 503 g/mol. The minimum Gasteiger partial charge on any atom is -0.480 e. The van der Waals surface area contributed by atoms with E-state index in [1.165, 1.54) is 19.8 Å². The van der Waals surface area contributed by atoms with Crippen molar-refractivity contribution in [2.24, 2.45) is 0 Å². The van der Waals surface area contributed by atoms with Gasteiger partial charge in [-0.25, -0.2) is 14.2 Å². The quantitative estimate of drug-likeness (QED) is 0.260. The number of hydrogen-bond acceptors (Lipinski definition) is 7. The Bertz CT molecular complexity index is 1040. The number of aliphatic carboxylic acids is 1. The summed E-state index contributed by atoms with van der Waals surface area (Å²) in [7, 11) is 2.87. The number of fused-ring (bicyclic) bond motifs is 1. The number of methoxy groups -OCH3 is 2. The number of hydrogen-bond donors (Lipinski definition) is 3. The number of pyridine rings is 1. The summed E-state index contributed by atoms with van der Waals surface area (Å²) in [6, 6.07) is 12.0. The molecule has 214 valence electrons. The highest BCUT2D eigenvalue weighted by Gasteiger charge is 2.27. The van der Waals surface area contributed by atoms with Crippen molar-refractivity contribution in [1.29, 1.82) is 0 Å². The zero-order valence-electron chi connectivity index (χ0n) is 22.9. The summed E-state index contributed by atoms with van der Waals surface area (Å²) in [5, 5.41) is 15.8. The fourth-order valence-electron chi connectivity index (χ4n) is 4.76. The normalized spacial score (nSPS) is 15.2. The van der Waals surface area contributed by atoms with Gasteiger partial charge in [0.2, 0.25) is 0 Å². The third-order valence-electron chi connectivity index (χ3n) is 7.00. The molecule has 3 N–H and O–H groups in total. The molecule has 39 heavy (non-hydrogen) atoms. The number of carboxylic acids is 1. The van der Waals surface area contributed by atoms with Crippen molar-refractivity contribution in [3.05, 3.63) is 59.3 Å². The van der Waals surface area contributed by atoms with Crippen LogP contribution >= 0.6 is 0 Å². The van der Waals surface area contributed by atoms with Gasteiger partial charge in [0.15, 0.2) is 6.10 Å². The average molecular weight is 545 g/mol. The zero-order chi connectivity index (χ0) is 28.0. The molecule has 1 amide bonds. The molecule has 0 unspecified atom stereocenters. The zero-order valence-corrected chi connectivity index (χ0v) is 22.9. The van der Waals surface area contributed by atoms with Gasteiger partial charge in [-0.3, -0.25) is 4.79 Å². The summed E-state index contributed by atoms with van der Waals surface area (Å²) in [4.78, 5) is 31.6. The number of aryl methyl sites for hydroxylation is 2. The van der Waals surface area contributed by atoms with Crippen molar-refractivity contribution in [1.82, 2.24) is 15.2 Å². The van der Waals surface area contributed by atoms with Crippen LogP contribution in [0.1, 0.15) is 48.6 Å². The summed E-state index contributed by atoms with van der Waals surface area (Å²) in [6.07, 6.45) is 3.36. The minimum absolute atomic E-state index is 0.160. The lowest BCUT2D eigenvalue weighted by Crippen LogP contribution is -2.46. The highest BCUT2D eigenvalue weighted by molar-refractivity contribution is 5.87. The molecule has 3 rings (SSSR count). The number of halogens is 1. The predicted molar refractivity (Wildman–Crippen MR) is 148 cm³/mol. The Morgan fingerprint density at radius 3 is 2.62 bits per heavy atom. The molecule has 10 heteroatoms. The van der Waals surface area contributed by atoms with Gasteiger partial charge >= 0.3 is 5.97 Å². The number of benzene rings is 1. The van der Waals surface area contributed by atoms with Crippen LogP contribution in [0.5, 0.6) is 0 Å². The molecular formula is C29H41FN4O5. The molecule has 0 bridgehead atoms. The van der Waals surface area contributed by atoms with Gasteiger partial charge < -0.3 is 30.1 Å². The first-order valence-corrected chi connectivity index (χ1v) is 13.6. The van der Waals surface area contributed by atoms with E-state index in [-0.39, 0.29) is 6.42 Å². The first-order chi connectivity index (χ1) is 18.9. The largest absolute Gasteiger partial charge is 0.480 e. The monoisotopic (exact) mass is 544 g/mol. The van der Waals surface area contributed by atoms with Crippen molar-refractivity contribution in [2.45, 2.75) is 56.8 Å². The molecule has 2 aromatic rings. The maximum atomic E-state index is 13.4. The first kappa shape index (κ1) is 30.5. The summed E-state index contributed by atoms with van der Waals surface area (Å²) in [5.74, 6) is -0.670. The molecule has 0 fully saturated rings. The van der Waals surface area contributed by atoms with Crippen molar-refractivity contribution >= 4 is 17.7 Å². The van der Waals surface area contributed by atoms with Gasteiger partial charge in [0.05, 0.1) is 6.10 Å². The van der Waals surface area contributed by atoms with Crippen LogP contribution in [0.4, 0.5) is 10.2 Å². The van der Waals surface area contributed by atoms with Crippen LogP contribution in [-0.2, 0) is 31.9 Å². The highest BCUT2D eigenvalue weighted by atomic mass is 19.1. The third kappa shape index (κ3) is 9.56. The summed E-state index contributed by atoms with van der Waals surface area (Å²) in [6.45, 7) is 1.66. The van der Waals surface area contributed by atoms with Gasteiger partial charge in [-0.15, -0.1) is 0 Å². The van der Waals surface area contributed by atoms with Gasteiger partial charge in [0.1, 0.15) is 18.5 Å². The Morgan fingerprint density at radius 1 is 1.13 bits per heavy atom. The molecule has 1 aliphatic rings. The van der Waals surface area contributed by atoms with E-state index in [4.69, 9.17) is 14.5 Å². The maximum absolute atomic E-state index is 13.4. The van der Waals surface area contributed by atoms with E-state index in [0.717, 1.165) is 50.2 Å². The van der Waals surface area contributed by atoms with Crippen LogP contribution in [0.2, 0.25) is 0 Å². The highest BCUT2D eigenvalue weighted by Crippen LogP contribution is 2.20. The van der Waals surface area contributed by atoms with E-state index in [9.17, 15) is 19.1 Å². The topological polar surface area (TPSA) is 113 Å². The second-order valence-corrected chi connectivity index (χ2v) is 9.82. The molecule has 9 nitrogen and oxygen atoms in total. The molecule has 1 aliphatic heterocycles. The molecule has 2 heterocycles. The van der Waals surface area contributed by atoms with Gasteiger partial charge in [-0.05, 0) is 62.3 Å². The molecule has 0 saturated heterocycles. The first-order valence-electron chi connectivity index (χ1n) is 13.6. The molecule has 1 aromatic carbocycles. The Kier molecular flexibility index (Phi) is 12.6. The third-order valence-corrected chi connectivity index (χ3v) is 7.00. The fourth-order valence-corrected chi connectivity index (χ4v) is 4.76. The number of carbonyl (C=O) groups is 2. The number of nitrogens with zero attached hydrogens (tertiary/aromatic N) is 2. The van der Waals surface area contributed by atoms with Crippen molar-refractivity contribution < 1.29 is 28.6 Å². The summed E-state index contributed by atoms with van der Waals surface area (Å²) >= 11 is 0. The maximum Gasteiger partial charge on any atom is 0.326 e. The average Bonchev–Trinajstić information content (AvgIpc) is 2.96. The van der Waals surface area contributed by atoms with Crippen LogP contribution in [0.25, 0.3) is 0 Å². The lowest BCUT2D eigenvalue weighted by molar-refractivity contribution is -0.144. The Hall–Kier alpha value is -3.08. The van der Waals surface area contributed by atoms with Crippen molar-refractivity contribution in [3.8, 4) is 0 Å². The van der Waals surface area contributed by atoms with Gasteiger partial charge in [-0.2, -0.15) is 0 Å². The lowest BCUT2D eigenvalue weighted by atomic mass is 10.1. The van der Waals surface area contributed by atoms with E-state index in [2.05, 4.69) is 22.8 Å². The summed E-state index contributed by atoms with van der Waals surface area (Å²) < 4.78 is 24.0. The van der Waals surface area contributed by atoms with Gasteiger partial charge in [0, 0.05) is 39.5 Å². The molecule has 0 spiro atoms. The van der Waals surface area contributed by atoms with Gasteiger partial charge in [-0.1, -0.05) is 36.4 Å². The standard InChI is InChI=1S/C29H41FN4O5/c1-38-24(19-30)20-34(17-7-6-12-23-14-13-22-11-8-16-31-27(22)32-23)18-15-25(29(36)37)33-28(35)26(39-2)21-9-4-3-5-10-21/h3-5,9-10,13-14,24-26H,6-8,11-12,15-20H2,1-2H3,(H,31,32)(H,33,35)(H,36,37)/t24-,25+,26+/m1/s1. The number of carbonyl (C=O) groups excluding carboxylic acids is 1. The lowest BCUT2D eigenvalue weighted by Gasteiger charge is -2.27. The summed E-state index contributed by atoms with van der Waals surface area (Å²) in [5.41, 5.74) is 2.93. The van der Waals surface area contributed by atoms with E-state index in [0.29, 0.717) is 25.2 Å². The number of rotatable bonds is 17. The number of alkyl halides is 1. The predicted octanol–water partition coefficient (Wildman–Crippen LogP) is 3.40. The molecule has 0 aliphatic carbocycles. The van der Waals surface area contributed by atoms with Crippen LogP contribution in [0, 0.1) is 0 Å². The Balaban J connectivity index is 1.54. The number of aromatic nitrogens is 1. The van der Waals surface area contributed by atoms with E-state index < -0.39 is 36.8 Å². The number of ether oxygens (including phenoxy) is 2. The van der Waals surface area contributed by atoms with E-state index >= 15 is 0 Å². The number of amides is 1. The number of carboxylic acid groups (broad SMARTS) is 1. The number of nitrogens with one attached hydrogen (secondary N) is 2. The molecule has 3 atom stereocenters. The van der Waals surface area contributed by atoms with Crippen molar-refractivity contribution in [3.63, 3.8) is 0 Å². The molecule has 0 radical (unpaired) electrons. The second-order valence-electron chi connectivity index (χ2n) is 9.82. The fraction of sp³-hybridized carbons (Fsp3) is 0.552. The number of unbranched alkanes of at least 4 members (excludes halogenated alkanes) is 1. The SMILES string of the molecule is CO[C@H](CF)CN(CCCCc1ccc2c(n1)NCCC2)CC[C@H](NC(=O)[C@@H](OC)c1ccccc1)C(=O)O. The van der Waals surface area contributed by atoms with Gasteiger partial charge in [0.25, 0.3) is 5.91 Å². The molecule has 1 aromatic heterocycles. The van der Waals surface area contributed by atoms with Crippen molar-refractivity contribution in [2.75, 3.05) is 52.4 Å². The van der Waals surface area contributed by atoms with Crippen LogP contribution in [0.3, 0.4) is 0 Å². The van der Waals surface area contributed by atoms with Crippen LogP contribution < -0.4 is 10.6 Å². The smallest absolute Gasteiger partial charge is 0.326 e. The van der Waals surface area contributed by atoms with E-state index in [1.54, 1.807) is 24.3 Å². The molecule has 0 saturated carbocycles. The van der Waals surface area contributed by atoms with Crippen LogP contribution in [-0.4, -0.2) is 86.1 Å².